The number of fused-ring (bicyclic) bond motifs is 1. The molecule has 28 heavy (non-hydrogen) atoms. The summed E-state index contributed by atoms with van der Waals surface area (Å²) in [5.41, 5.74) is 1.21. The molecule has 0 bridgehead atoms. The number of benzene rings is 2. The fourth-order valence-corrected chi connectivity index (χ4v) is 4.61. The number of anilines is 1. The maximum Gasteiger partial charge on any atom is 0.247 e. The second-order valence-electron chi connectivity index (χ2n) is 6.78. The molecule has 2 aromatic carbocycles. The van der Waals surface area contributed by atoms with Gasteiger partial charge in [0.1, 0.15) is 27.8 Å². The SMILES string of the molecule is Cc1cccc(O)c1S(=O)(=O)NC(O)c1cc2c(F)cc(N3CCC3)cc2o1. The van der Waals surface area contributed by atoms with Crippen LogP contribution in [-0.2, 0) is 10.0 Å². The van der Waals surface area contributed by atoms with E-state index in [0.717, 1.165) is 19.5 Å². The summed E-state index contributed by atoms with van der Waals surface area (Å²) in [5, 5.41) is 20.4. The third-order valence-corrected chi connectivity index (χ3v) is 6.41. The minimum atomic E-state index is -4.24. The zero-order valence-electron chi connectivity index (χ0n) is 15.0. The van der Waals surface area contributed by atoms with Gasteiger partial charge >= 0.3 is 0 Å². The van der Waals surface area contributed by atoms with Gasteiger partial charge in [-0.25, -0.2) is 12.8 Å². The number of sulfonamides is 1. The van der Waals surface area contributed by atoms with Crippen LogP contribution in [0.5, 0.6) is 5.75 Å². The first-order chi connectivity index (χ1) is 13.3. The lowest BCUT2D eigenvalue weighted by molar-refractivity contribution is 0.141. The maximum absolute atomic E-state index is 14.4. The van der Waals surface area contributed by atoms with Crippen molar-refractivity contribution in [2.24, 2.45) is 0 Å². The number of phenolic OH excluding ortho intramolecular Hbond substituents is 1. The van der Waals surface area contributed by atoms with Gasteiger partial charge in [-0.2, -0.15) is 4.72 Å². The summed E-state index contributed by atoms with van der Waals surface area (Å²) in [7, 11) is -4.24. The number of nitrogens with one attached hydrogen (secondary N) is 1. The van der Waals surface area contributed by atoms with Crippen LogP contribution in [0.15, 0.2) is 45.7 Å². The Morgan fingerprint density at radius 1 is 1.25 bits per heavy atom. The monoisotopic (exact) mass is 406 g/mol. The second kappa shape index (κ2) is 6.77. The molecule has 1 aliphatic heterocycles. The van der Waals surface area contributed by atoms with Gasteiger partial charge in [-0.15, -0.1) is 0 Å². The number of rotatable bonds is 5. The molecule has 7 nitrogen and oxygen atoms in total. The molecule has 1 saturated heterocycles. The van der Waals surface area contributed by atoms with E-state index in [1.807, 2.05) is 4.90 Å². The zero-order valence-corrected chi connectivity index (χ0v) is 15.8. The minimum Gasteiger partial charge on any atom is -0.507 e. The average molecular weight is 406 g/mol. The normalized spacial score (nSPS) is 15.6. The van der Waals surface area contributed by atoms with E-state index in [1.54, 1.807) is 6.07 Å². The quantitative estimate of drug-likeness (QED) is 0.563. The van der Waals surface area contributed by atoms with Gasteiger partial charge in [0.25, 0.3) is 0 Å². The lowest BCUT2D eigenvalue weighted by Crippen LogP contribution is -2.36. The van der Waals surface area contributed by atoms with Gasteiger partial charge in [0, 0.05) is 24.8 Å². The molecule has 3 aromatic rings. The molecule has 0 radical (unpaired) electrons. The zero-order chi connectivity index (χ0) is 20.1. The van der Waals surface area contributed by atoms with Gasteiger partial charge in [0.2, 0.25) is 10.0 Å². The first kappa shape index (κ1) is 18.7. The Kier molecular flexibility index (Phi) is 4.53. The van der Waals surface area contributed by atoms with Crippen LogP contribution in [0.1, 0.15) is 24.0 Å². The summed E-state index contributed by atoms with van der Waals surface area (Å²) < 4.78 is 47.1. The highest BCUT2D eigenvalue weighted by Gasteiger charge is 2.27. The number of aryl methyl sites for hydroxylation is 1. The molecule has 1 unspecified atom stereocenters. The van der Waals surface area contributed by atoms with E-state index >= 15 is 0 Å². The predicted octanol–water partition coefficient (Wildman–Crippen LogP) is 2.77. The Morgan fingerprint density at radius 2 is 2.00 bits per heavy atom. The van der Waals surface area contributed by atoms with E-state index < -0.39 is 27.8 Å². The Hall–Kier alpha value is -2.62. The smallest absolute Gasteiger partial charge is 0.247 e. The van der Waals surface area contributed by atoms with Crippen molar-refractivity contribution in [1.82, 2.24) is 4.72 Å². The van der Waals surface area contributed by atoms with Crippen molar-refractivity contribution in [2.45, 2.75) is 24.5 Å². The topological polar surface area (TPSA) is 103 Å². The summed E-state index contributed by atoms with van der Waals surface area (Å²) in [4.78, 5) is 1.65. The van der Waals surface area contributed by atoms with Crippen molar-refractivity contribution in [2.75, 3.05) is 18.0 Å². The maximum atomic E-state index is 14.4. The van der Waals surface area contributed by atoms with Crippen LogP contribution < -0.4 is 9.62 Å². The van der Waals surface area contributed by atoms with Gasteiger partial charge in [-0.1, -0.05) is 12.1 Å². The van der Waals surface area contributed by atoms with Crippen LogP contribution >= 0.6 is 0 Å². The van der Waals surface area contributed by atoms with E-state index in [4.69, 9.17) is 4.42 Å². The fraction of sp³-hybridized carbons (Fsp3) is 0.263. The molecule has 0 amide bonds. The lowest BCUT2D eigenvalue weighted by Gasteiger charge is -2.33. The number of hydrogen-bond donors (Lipinski definition) is 3. The molecule has 4 rings (SSSR count). The number of nitrogens with zero attached hydrogens (tertiary/aromatic N) is 1. The van der Waals surface area contributed by atoms with Crippen LogP contribution in [-0.4, -0.2) is 31.7 Å². The van der Waals surface area contributed by atoms with E-state index in [9.17, 15) is 23.0 Å². The van der Waals surface area contributed by atoms with Gasteiger partial charge < -0.3 is 19.5 Å². The molecule has 1 atom stereocenters. The van der Waals surface area contributed by atoms with Crippen molar-refractivity contribution >= 4 is 26.7 Å². The van der Waals surface area contributed by atoms with E-state index in [0.29, 0.717) is 11.3 Å². The van der Waals surface area contributed by atoms with Crippen molar-refractivity contribution in [3.63, 3.8) is 0 Å². The number of hydrogen-bond acceptors (Lipinski definition) is 6. The van der Waals surface area contributed by atoms with Crippen molar-refractivity contribution in [1.29, 1.82) is 0 Å². The molecule has 9 heteroatoms. The lowest BCUT2D eigenvalue weighted by atomic mass is 10.1. The molecule has 3 N–H and O–H groups in total. The number of phenols is 1. The molecule has 1 aromatic heterocycles. The molecule has 0 spiro atoms. The molecular formula is C19H19FN2O5S. The highest BCUT2D eigenvalue weighted by molar-refractivity contribution is 7.89. The number of furan rings is 1. The molecular weight excluding hydrogens is 387 g/mol. The predicted molar refractivity (Wildman–Crippen MR) is 101 cm³/mol. The second-order valence-corrected chi connectivity index (χ2v) is 8.43. The summed E-state index contributed by atoms with van der Waals surface area (Å²) >= 11 is 0. The van der Waals surface area contributed by atoms with Gasteiger partial charge in [0.05, 0.1) is 5.39 Å². The summed E-state index contributed by atoms with van der Waals surface area (Å²) in [6.45, 7) is 3.19. The van der Waals surface area contributed by atoms with Gasteiger partial charge in [0.15, 0.2) is 6.23 Å². The first-order valence-corrected chi connectivity index (χ1v) is 10.2. The number of aliphatic hydroxyl groups excluding tert-OH is 1. The number of aliphatic hydroxyl groups is 1. The third-order valence-electron chi connectivity index (χ3n) is 4.81. The molecule has 1 aliphatic rings. The molecule has 1 fully saturated rings. The van der Waals surface area contributed by atoms with E-state index in [2.05, 4.69) is 4.72 Å². The average Bonchev–Trinajstić information content (AvgIpc) is 2.97. The third kappa shape index (κ3) is 3.21. The summed E-state index contributed by atoms with van der Waals surface area (Å²) in [5.74, 6) is -1.10. The van der Waals surface area contributed by atoms with E-state index in [1.165, 1.54) is 37.3 Å². The highest BCUT2D eigenvalue weighted by Crippen LogP contribution is 2.32. The van der Waals surface area contributed by atoms with Gasteiger partial charge in [-0.05, 0) is 37.1 Å². The Bertz CT molecular complexity index is 1130. The molecule has 148 valence electrons. The number of halogens is 1. The fourth-order valence-electron chi connectivity index (χ4n) is 3.24. The number of aromatic hydroxyl groups is 1. The van der Waals surface area contributed by atoms with Crippen LogP contribution in [0.2, 0.25) is 0 Å². The van der Waals surface area contributed by atoms with Gasteiger partial charge in [-0.3, -0.25) is 0 Å². The standard InChI is InChI=1S/C19H19FN2O5S/c1-11-4-2-5-15(23)18(11)28(25,26)21-19(24)17-10-13-14(20)8-12(9-16(13)27-17)22-6-3-7-22/h2,4-5,8-10,19,21,23-24H,3,6-7H2,1H3. The largest absolute Gasteiger partial charge is 0.507 e. The van der Waals surface area contributed by atoms with Crippen LogP contribution in [0.3, 0.4) is 0 Å². The van der Waals surface area contributed by atoms with E-state index in [-0.39, 0.29) is 21.6 Å². The Balaban J connectivity index is 1.65. The van der Waals surface area contributed by atoms with Crippen LogP contribution in [0, 0.1) is 12.7 Å². The van der Waals surface area contributed by atoms with Crippen LogP contribution in [0.25, 0.3) is 11.0 Å². The van der Waals surface area contributed by atoms with Crippen molar-refractivity contribution in [3.05, 3.63) is 53.5 Å². The summed E-state index contributed by atoms with van der Waals surface area (Å²) in [6, 6.07) is 8.59. The first-order valence-electron chi connectivity index (χ1n) is 8.73. The van der Waals surface area contributed by atoms with Crippen molar-refractivity contribution < 1.29 is 27.4 Å². The van der Waals surface area contributed by atoms with Crippen molar-refractivity contribution in [3.8, 4) is 5.75 Å². The summed E-state index contributed by atoms with van der Waals surface area (Å²) in [6.07, 6.45) is -0.710. The Morgan fingerprint density at radius 3 is 2.64 bits per heavy atom. The minimum absolute atomic E-state index is 0.147. The highest BCUT2D eigenvalue weighted by atomic mass is 32.2. The molecule has 0 saturated carbocycles. The Labute approximate surface area is 161 Å². The van der Waals surface area contributed by atoms with Crippen LogP contribution in [0.4, 0.5) is 10.1 Å². The molecule has 0 aliphatic carbocycles. The molecule has 2 heterocycles.